The van der Waals surface area contributed by atoms with Gasteiger partial charge in [0.15, 0.2) is 0 Å². The first kappa shape index (κ1) is 25.9. The number of piperidine rings is 1. The van der Waals surface area contributed by atoms with E-state index in [0.29, 0.717) is 29.1 Å². The molecule has 190 valence electrons. The largest absolute Gasteiger partial charge is 0.322 e. The van der Waals surface area contributed by atoms with E-state index in [4.69, 9.17) is 0 Å². The molecule has 0 radical (unpaired) electrons. The second-order valence-corrected chi connectivity index (χ2v) is 12.4. The SMILES string of the molecule is CCc1ccccc1NC(=O)c1c(NC(=O)CN2CCCC[C@@H]2C)sc2c1CC[C@H](C(C)(C)C)C2. The van der Waals surface area contributed by atoms with E-state index >= 15 is 0 Å². The number of anilines is 2. The van der Waals surface area contributed by atoms with Crippen LogP contribution in [0, 0.1) is 11.3 Å². The van der Waals surface area contributed by atoms with Crippen LogP contribution in [0.2, 0.25) is 0 Å². The van der Waals surface area contributed by atoms with Gasteiger partial charge in [0, 0.05) is 16.6 Å². The summed E-state index contributed by atoms with van der Waals surface area (Å²) >= 11 is 1.61. The number of amides is 2. The fourth-order valence-corrected chi connectivity index (χ4v) is 6.87. The van der Waals surface area contributed by atoms with E-state index in [1.165, 1.54) is 11.3 Å². The molecule has 5 nitrogen and oxygen atoms in total. The summed E-state index contributed by atoms with van der Waals surface area (Å²) in [5.74, 6) is 0.440. The summed E-state index contributed by atoms with van der Waals surface area (Å²) in [6, 6.07) is 8.39. The summed E-state index contributed by atoms with van der Waals surface area (Å²) in [7, 11) is 0. The van der Waals surface area contributed by atoms with Crippen LogP contribution >= 0.6 is 11.3 Å². The fraction of sp³-hybridized carbons (Fsp3) is 0.586. The normalized spacial score (nSPS) is 20.8. The molecule has 0 spiro atoms. The Kier molecular flexibility index (Phi) is 8.02. The number of likely N-dealkylation sites (tertiary alicyclic amines) is 1. The number of carbonyl (C=O) groups is 2. The molecule has 0 bridgehead atoms. The highest BCUT2D eigenvalue weighted by Crippen LogP contribution is 2.44. The summed E-state index contributed by atoms with van der Waals surface area (Å²) in [4.78, 5) is 30.3. The molecule has 2 N–H and O–H groups in total. The van der Waals surface area contributed by atoms with Gasteiger partial charge in [0.1, 0.15) is 5.00 Å². The van der Waals surface area contributed by atoms with E-state index in [-0.39, 0.29) is 17.2 Å². The van der Waals surface area contributed by atoms with Crippen molar-refractivity contribution in [3.8, 4) is 0 Å². The third-order valence-electron chi connectivity index (χ3n) is 7.90. The van der Waals surface area contributed by atoms with Crippen molar-refractivity contribution in [2.24, 2.45) is 11.3 Å². The zero-order valence-electron chi connectivity index (χ0n) is 22.0. The van der Waals surface area contributed by atoms with Crippen molar-refractivity contribution >= 4 is 33.8 Å². The Morgan fingerprint density at radius 2 is 1.89 bits per heavy atom. The molecule has 1 saturated heterocycles. The van der Waals surface area contributed by atoms with Crippen LogP contribution in [0.3, 0.4) is 0 Å². The first-order valence-corrected chi connectivity index (χ1v) is 14.1. The van der Waals surface area contributed by atoms with Crippen LogP contribution in [0.25, 0.3) is 0 Å². The predicted octanol–water partition coefficient (Wildman–Crippen LogP) is 6.53. The van der Waals surface area contributed by atoms with Crippen molar-refractivity contribution < 1.29 is 9.59 Å². The number of para-hydroxylation sites is 1. The number of nitrogens with zero attached hydrogens (tertiary/aromatic N) is 1. The van der Waals surface area contributed by atoms with Gasteiger partial charge in [0.25, 0.3) is 5.91 Å². The molecule has 2 aromatic rings. The summed E-state index contributed by atoms with van der Waals surface area (Å²) in [6.07, 6.45) is 7.28. The predicted molar refractivity (Wildman–Crippen MR) is 147 cm³/mol. The number of benzene rings is 1. The van der Waals surface area contributed by atoms with Crippen molar-refractivity contribution in [1.29, 1.82) is 0 Å². The molecule has 1 aliphatic carbocycles. The van der Waals surface area contributed by atoms with Gasteiger partial charge in [-0.05, 0) is 80.5 Å². The molecule has 0 unspecified atom stereocenters. The summed E-state index contributed by atoms with van der Waals surface area (Å²) in [5, 5.41) is 7.04. The Bertz CT molecular complexity index is 1070. The second-order valence-electron chi connectivity index (χ2n) is 11.3. The highest BCUT2D eigenvalue weighted by atomic mass is 32.1. The van der Waals surface area contributed by atoms with Gasteiger partial charge in [-0.2, -0.15) is 0 Å². The average molecular weight is 496 g/mol. The second kappa shape index (κ2) is 10.8. The minimum Gasteiger partial charge on any atom is -0.322 e. The smallest absolute Gasteiger partial charge is 0.258 e. The molecule has 1 aromatic heterocycles. The van der Waals surface area contributed by atoms with Crippen LogP contribution in [-0.2, 0) is 24.1 Å². The van der Waals surface area contributed by atoms with Gasteiger partial charge in [0.2, 0.25) is 5.91 Å². The highest BCUT2D eigenvalue weighted by Gasteiger charge is 2.34. The van der Waals surface area contributed by atoms with Crippen molar-refractivity contribution in [3.05, 3.63) is 45.8 Å². The molecule has 1 fully saturated rings. The van der Waals surface area contributed by atoms with E-state index in [9.17, 15) is 9.59 Å². The van der Waals surface area contributed by atoms with E-state index < -0.39 is 0 Å². The molecule has 6 heteroatoms. The third kappa shape index (κ3) is 5.97. The maximum absolute atomic E-state index is 13.7. The van der Waals surface area contributed by atoms with Gasteiger partial charge >= 0.3 is 0 Å². The summed E-state index contributed by atoms with van der Waals surface area (Å²) in [6.45, 7) is 12.5. The zero-order chi connectivity index (χ0) is 25.2. The number of rotatable bonds is 6. The lowest BCUT2D eigenvalue weighted by Gasteiger charge is -2.33. The Hall–Kier alpha value is -2.18. The summed E-state index contributed by atoms with van der Waals surface area (Å²) in [5.41, 5.74) is 3.98. The molecule has 4 rings (SSSR count). The third-order valence-corrected chi connectivity index (χ3v) is 9.07. The number of hydrogen-bond donors (Lipinski definition) is 2. The number of nitrogens with one attached hydrogen (secondary N) is 2. The number of thiophene rings is 1. The molecule has 35 heavy (non-hydrogen) atoms. The average Bonchev–Trinajstić information content (AvgIpc) is 3.17. The van der Waals surface area contributed by atoms with E-state index in [1.807, 2.05) is 18.2 Å². The molecule has 2 aliphatic rings. The Balaban J connectivity index is 1.61. The number of fused-ring (bicyclic) bond motifs is 1. The number of aryl methyl sites for hydroxylation is 1. The van der Waals surface area contributed by atoms with Gasteiger partial charge < -0.3 is 10.6 Å². The monoisotopic (exact) mass is 495 g/mol. The number of hydrogen-bond acceptors (Lipinski definition) is 4. The van der Waals surface area contributed by atoms with E-state index in [0.717, 1.165) is 61.9 Å². The Morgan fingerprint density at radius 3 is 2.60 bits per heavy atom. The lowest BCUT2D eigenvalue weighted by Crippen LogP contribution is -2.42. The van der Waals surface area contributed by atoms with Crippen molar-refractivity contribution in [1.82, 2.24) is 4.90 Å². The van der Waals surface area contributed by atoms with Gasteiger partial charge in [-0.1, -0.05) is 52.3 Å². The van der Waals surface area contributed by atoms with E-state index in [2.05, 4.69) is 56.2 Å². The van der Waals surface area contributed by atoms with Crippen LogP contribution in [0.5, 0.6) is 0 Å². The minimum absolute atomic E-state index is 0.0206. The van der Waals surface area contributed by atoms with E-state index in [1.54, 1.807) is 11.3 Å². The lowest BCUT2D eigenvalue weighted by molar-refractivity contribution is -0.118. The quantitative estimate of drug-likeness (QED) is 0.479. The van der Waals surface area contributed by atoms with Gasteiger partial charge in [-0.15, -0.1) is 11.3 Å². The molecular weight excluding hydrogens is 454 g/mol. The molecule has 2 atom stereocenters. The van der Waals surface area contributed by atoms with Crippen LogP contribution in [0.1, 0.15) is 86.7 Å². The Labute approximate surface area is 214 Å². The van der Waals surface area contributed by atoms with Crippen LogP contribution in [-0.4, -0.2) is 35.8 Å². The fourth-order valence-electron chi connectivity index (χ4n) is 5.53. The molecule has 2 amide bonds. The maximum atomic E-state index is 13.7. The lowest BCUT2D eigenvalue weighted by atomic mass is 9.72. The first-order chi connectivity index (χ1) is 16.7. The Morgan fingerprint density at radius 1 is 1.11 bits per heavy atom. The molecule has 2 heterocycles. The highest BCUT2D eigenvalue weighted by molar-refractivity contribution is 7.17. The standard InChI is InChI=1S/C29H41N3O2S/c1-6-20-12-7-8-13-23(20)30-27(34)26-22-15-14-21(29(3,4)5)17-24(22)35-28(26)31-25(33)18-32-16-10-9-11-19(32)2/h7-8,12-13,19,21H,6,9-11,14-18H2,1-5H3,(H,30,34)(H,31,33)/t19-,21-/m0/s1. The van der Waals surface area contributed by atoms with Crippen molar-refractivity contribution in [2.45, 2.75) is 85.6 Å². The van der Waals surface area contributed by atoms with Gasteiger partial charge in [-0.25, -0.2) is 0 Å². The molecule has 1 aliphatic heterocycles. The van der Waals surface area contributed by atoms with Gasteiger partial charge in [0.05, 0.1) is 12.1 Å². The zero-order valence-corrected chi connectivity index (χ0v) is 22.8. The first-order valence-electron chi connectivity index (χ1n) is 13.2. The number of carbonyl (C=O) groups excluding carboxylic acids is 2. The van der Waals surface area contributed by atoms with Crippen LogP contribution < -0.4 is 10.6 Å². The van der Waals surface area contributed by atoms with Crippen LogP contribution in [0.15, 0.2) is 24.3 Å². The van der Waals surface area contributed by atoms with Crippen LogP contribution in [0.4, 0.5) is 10.7 Å². The summed E-state index contributed by atoms with van der Waals surface area (Å²) < 4.78 is 0. The van der Waals surface area contributed by atoms with Crippen molar-refractivity contribution in [2.75, 3.05) is 23.7 Å². The minimum atomic E-state index is -0.112. The molecule has 0 saturated carbocycles. The molecule has 1 aromatic carbocycles. The maximum Gasteiger partial charge on any atom is 0.258 e. The van der Waals surface area contributed by atoms with Gasteiger partial charge in [-0.3, -0.25) is 14.5 Å². The molecular formula is C29H41N3O2S. The van der Waals surface area contributed by atoms with Crippen molar-refractivity contribution in [3.63, 3.8) is 0 Å². The topological polar surface area (TPSA) is 61.4 Å².